The molecular weight excluding hydrogens is 440 g/mol. The van der Waals surface area contributed by atoms with Crippen LogP contribution >= 0.6 is 23.1 Å². The van der Waals surface area contributed by atoms with Crippen LogP contribution in [0.25, 0.3) is 6.08 Å². The Hall–Kier alpha value is -2.68. The fourth-order valence-electron chi connectivity index (χ4n) is 4.26. The number of rotatable bonds is 6. The van der Waals surface area contributed by atoms with E-state index in [-0.39, 0.29) is 35.4 Å². The van der Waals surface area contributed by atoms with Crippen LogP contribution in [-0.2, 0) is 9.59 Å². The second-order valence-electron chi connectivity index (χ2n) is 7.79. The normalized spacial score (nSPS) is 26.5. The monoisotopic (exact) mass is 460 g/mol. The standard InChI is InChI=1S/C20H20N4O5S2/c1-9-15-13(10(2)25)18(26)24(15)16(20(28)29)17(9)30-4-3-12-14(22-8-31-12)19(27)23-6-11(5-21)7-23/h3-4,8-11,13,15,25H,6-7H2,1-2H3,(H,28,29)/b4-3-/t9-,10-,13-,15-/m1/s1. The van der Waals surface area contributed by atoms with Crippen molar-refractivity contribution in [1.29, 1.82) is 5.26 Å². The molecule has 0 bridgehead atoms. The molecule has 0 aliphatic carbocycles. The van der Waals surface area contributed by atoms with Gasteiger partial charge in [-0.15, -0.1) is 11.3 Å². The number of carbonyl (C=O) groups is 3. The van der Waals surface area contributed by atoms with E-state index in [1.165, 1.54) is 34.9 Å². The third-order valence-corrected chi connectivity index (χ3v) is 7.76. The summed E-state index contributed by atoms with van der Waals surface area (Å²) in [6.07, 6.45) is 0.860. The minimum atomic E-state index is -1.18. The molecule has 1 aromatic rings. The number of thiazole rings is 1. The molecule has 4 rings (SSSR count). The number of amides is 2. The summed E-state index contributed by atoms with van der Waals surface area (Å²) in [4.78, 5) is 45.0. The minimum absolute atomic E-state index is 0.0437. The summed E-state index contributed by atoms with van der Waals surface area (Å²) in [7, 11) is 0. The van der Waals surface area contributed by atoms with E-state index in [0.717, 1.165) is 0 Å². The Morgan fingerprint density at radius 3 is 2.77 bits per heavy atom. The lowest BCUT2D eigenvalue weighted by atomic mass is 9.79. The number of hydrogen-bond acceptors (Lipinski definition) is 8. The molecule has 11 heteroatoms. The predicted molar refractivity (Wildman–Crippen MR) is 113 cm³/mol. The molecule has 0 unspecified atom stereocenters. The van der Waals surface area contributed by atoms with Crippen molar-refractivity contribution in [2.75, 3.05) is 13.1 Å². The Balaban J connectivity index is 1.50. The smallest absolute Gasteiger partial charge is 0.353 e. The van der Waals surface area contributed by atoms with Crippen LogP contribution in [0.4, 0.5) is 0 Å². The first kappa shape index (κ1) is 21.5. The third kappa shape index (κ3) is 3.44. The van der Waals surface area contributed by atoms with Crippen LogP contribution in [-0.4, -0.2) is 68.0 Å². The average Bonchev–Trinajstić information content (AvgIpc) is 3.22. The van der Waals surface area contributed by atoms with Crippen molar-refractivity contribution in [3.05, 3.63) is 32.1 Å². The number of aromatic nitrogens is 1. The van der Waals surface area contributed by atoms with Crippen molar-refractivity contribution < 1.29 is 24.6 Å². The first-order valence-electron chi connectivity index (χ1n) is 9.70. The summed E-state index contributed by atoms with van der Waals surface area (Å²) in [6, 6.07) is 1.76. The molecule has 3 aliphatic rings. The largest absolute Gasteiger partial charge is 0.477 e. The number of aliphatic carboxylic acids is 1. The van der Waals surface area contributed by atoms with E-state index in [4.69, 9.17) is 5.26 Å². The van der Waals surface area contributed by atoms with Gasteiger partial charge < -0.3 is 20.0 Å². The van der Waals surface area contributed by atoms with E-state index in [1.807, 2.05) is 6.92 Å². The molecule has 4 heterocycles. The number of β-lactam (4-membered cyclic amide) rings is 1. The lowest BCUT2D eigenvalue weighted by molar-refractivity contribution is -0.163. The molecule has 4 atom stereocenters. The van der Waals surface area contributed by atoms with Gasteiger partial charge in [0.1, 0.15) is 11.4 Å². The number of fused-ring (bicyclic) bond motifs is 1. The molecule has 2 amide bonds. The molecule has 0 saturated carbocycles. The summed E-state index contributed by atoms with van der Waals surface area (Å²) in [5, 5.41) is 30.2. The molecule has 162 valence electrons. The van der Waals surface area contributed by atoms with Crippen molar-refractivity contribution in [3.8, 4) is 6.07 Å². The molecule has 0 spiro atoms. The van der Waals surface area contributed by atoms with Gasteiger partial charge in [0.15, 0.2) is 0 Å². The molecule has 2 N–H and O–H groups in total. The highest BCUT2D eigenvalue weighted by atomic mass is 32.2. The Bertz CT molecular complexity index is 1050. The Morgan fingerprint density at radius 2 is 2.16 bits per heavy atom. The molecule has 2 saturated heterocycles. The van der Waals surface area contributed by atoms with Crippen molar-refractivity contribution in [2.24, 2.45) is 17.8 Å². The summed E-state index contributed by atoms with van der Waals surface area (Å²) in [5.41, 5.74) is 1.83. The Labute approximate surface area is 186 Å². The van der Waals surface area contributed by atoms with Gasteiger partial charge in [-0.05, 0) is 18.4 Å². The number of nitriles is 1. The van der Waals surface area contributed by atoms with Crippen molar-refractivity contribution in [2.45, 2.75) is 26.0 Å². The summed E-state index contributed by atoms with van der Waals surface area (Å²) in [6.45, 7) is 4.18. The Kier molecular flexibility index (Phi) is 5.63. The van der Waals surface area contributed by atoms with Crippen LogP contribution in [0, 0.1) is 29.1 Å². The molecule has 2 fully saturated rings. The number of carboxylic acid groups (broad SMARTS) is 1. The highest BCUT2D eigenvalue weighted by Crippen LogP contribution is 2.50. The quantitative estimate of drug-likeness (QED) is 0.611. The van der Waals surface area contributed by atoms with Crippen molar-refractivity contribution in [1.82, 2.24) is 14.8 Å². The van der Waals surface area contributed by atoms with Crippen LogP contribution in [0.3, 0.4) is 0 Å². The fraction of sp³-hybridized carbons (Fsp3) is 0.450. The number of carboxylic acids is 1. The second-order valence-corrected chi connectivity index (χ2v) is 9.63. The molecule has 0 radical (unpaired) electrons. The van der Waals surface area contributed by atoms with Gasteiger partial charge >= 0.3 is 5.97 Å². The maximum atomic E-state index is 12.6. The third-order valence-electron chi connectivity index (χ3n) is 5.87. The van der Waals surface area contributed by atoms with Gasteiger partial charge in [0.25, 0.3) is 5.91 Å². The lowest BCUT2D eigenvalue weighted by Gasteiger charge is -2.46. The number of likely N-dealkylation sites (tertiary alicyclic amines) is 1. The fourth-order valence-corrected chi connectivity index (χ4v) is 6.02. The number of hydrogen-bond donors (Lipinski definition) is 2. The number of aliphatic hydroxyl groups excluding tert-OH is 1. The van der Waals surface area contributed by atoms with E-state index in [1.54, 1.807) is 21.9 Å². The zero-order chi connectivity index (χ0) is 22.4. The zero-order valence-corrected chi connectivity index (χ0v) is 18.4. The predicted octanol–water partition coefficient (Wildman–Crippen LogP) is 1.60. The highest BCUT2D eigenvalue weighted by Gasteiger charge is 2.59. The zero-order valence-electron chi connectivity index (χ0n) is 16.8. The second kappa shape index (κ2) is 8.11. The summed E-state index contributed by atoms with van der Waals surface area (Å²) in [5.74, 6) is -2.76. The molecule has 9 nitrogen and oxygen atoms in total. The van der Waals surface area contributed by atoms with E-state index in [0.29, 0.717) is 28.6 Å². The van der Waals surface area contributed by atoms with Crippen molar-refractivity contribution >= 4 is 47.0 Å². The highest BCUT2D eigenvalue weighted by molar-refractivity contribution is 8.06. The van der Waals surface area contributed by atoms with Gasteiger partial charge in [-0.2, -0.15) is 5.26 Å². The van der Waals surface area contributed by atoms with Gasteiger partial charge in [-0.1, -0.05) is 18.7 Å². The average molecular weight is 461 g/mol. The van der Waals surface area contributed by atoms with Crippen LogP contribution in [0.1, 0.15) is 29.2 Å². The molecule has 31 heavy (non-hydrogen) atoms. The maximum Gasteiger partial charge on any atom is 0.353 e. The van der Waals surface area contributed by atoms with E-state index in [2.05, 4.69) is 11.1 Å². The van der Waals surface area contributed by atoms with Gasteiger partial charge in [-0.25, -0.2) is 9.78 Å². The minimum Gasteiger partial charge on any atom is -0.477 e. The first-order valence-corrected chi connectivity index (χ1v) is 11.5. The van der Waals surface area contributed by atoms with Crippen molar-refractivity contribution in [3.63, 3.8) is 0 Å². The number of carbonyl (C=O) groups excluding carboxylic acids is 2. The first-order chi connectivity index (χ1) is 14.8. The maximum absolute atomic E-state index is 12.6. The molecule has 0 aromatic carbocycles. The van der Waals surface area contributed by atoms with E-state index >= 15 is 0 Å². The van der Waals surface area contributed by atoms with Crippen LogP contribution < -0.4 is 0 Å². The van der Waals surface area contributed by atoms with Crippen LogP contribution in [0.5, 0.6) is 0 Å². The molecule has 1 aromatic heterocycles. The van der Waals surface area contributed by atoms with Crippen LogP contribution in [0.2, 0.25) is 0 Å². The summed E-state index contributed by atoms with van der Waals surface area (Å²) < 4.78 is 0. The number of thioether (sulfide) groups is 1. The van der Waals surface area contributed by atoms with Gasteiger partial charge in [-0.3, -0.25) is 9.59 Å². The number of aliphatic hydroxyl groups is 1. The van der Waals surface area contributed by atoms with Gasteiger partial charge in [0.05, 0.1) is 40.4 Å². The summed E-state index contributed by atoms with van der Waals surface area (Å²) >= 11 is 2.49. The topological polar surface area (TPSA) is 135 Å². The van der Waals surface area contributed by atoms with Gasteiger partial charge in [0.2, 0.25) is 5.91 Å². The number of nitrogens with zero attached hydrogens (tertiary/aromatic N) is 4. The SMILES string of the molecule is C[C@@H](O)[C@H]1C(=O)N2C(C(=O)O)=C(S/C=C\c3scnc3C(=O)N3CC(C#N)C3)[C@H](C)[C@H]12. The molecule has 3 aliphatic heterocycles. The van der Waals surface area contributed by atoms with E-state index in [9.17, 15) is 24.6 Å². The Morgan fingerprint density at radius 1 is 1.45 bits per heavy atom. The van der Waals surface area contributed by atoms with E-state index < -0.39 is 18.0 Å². The lowest BCUT2D eigenvalue weighted by Crippen LogP contribution is -2.63. The van der Waals surface area contributed by atoms with Crippen LogP contribution in [0.15, 0.2) is 21.5 Å². The van der Waals surface area contributed by atoms with Gasteiger partial charge in [0, 0.05) is 23.9 Å². The molecular formula is C20H20N4O5S2.